The van der Waals surface area contributed by atoms with Gasteiger partial charge in [0.2, 0.25) is 18.3 Å². The average molecular weight is 643 g/mol. The van der Waals surface area contributed by atoms with Gasteiger partial charge in [0.25, 0.3) is 0 Å². The predicted octanol–water partition coefficient (Wildman–Crippen LogP) is 5.79. The summed E-state index contributed by atoms with van der Waals surface area (Å²) in [5.74, 6) is -1.89. The first-order valence-electron chi connectivity index (χ1n) is 15.3. The lowest BCUT2D eigenvalue weighted by molar-refractivity contribution is -0.130. The van der Waals surface area contributed by atoms with Crippen molar-refractivity contribution in [1.82, 2.24) is 14.7 Å². The number of likely N-dealkylation sites (N-methyl/N-ethyl adjacent to an activating group) is 1. The molecule has 3 aliphatic heterocycles. The zero-order chi connectivity index (χ0) is 32.5. The number of piperazine rings is 1. The minimum Gasteiger partial charge on any atom is -0.475 e. The number of hydrogen-bond acceptors (Lipinski definition) is 6. The van der Waals surface area contributed by atoms with Crippen molar-refractivity contribution in [3.63, 3.8) is 0 Å². The van der Waals surface area contributed by atoms with Gasteiger partial charge in [0.15, 0.2) is 0 Å². The molecule has 46 heavy (non-hydrogen) atoms. The topological polar surface area (TPSA) is 76.5 Å². The molecule has 2 aromatic rings. The Morgan fingerprint density at radius 1 is 1.24 bits per heavy atom. The summed E-state index contributed by atoms with van der Waals surface area (Å²) in [6.45, 7) is 13.4. The van der Waals surface area contributed by atoms with Crippen LogP contribution < -0.4 is 0 Å². The Bertz CT molecular complexity index is 1800. The molecular weight excluding hydrogens is 610 g/mol. The maximum absolute atomic E-state index is 16.3. The molecule has 0 bridgehead atoms. The second-order valence-corrected chi connectivity index (χ2v) is 12.3. The third kappa shape index (κ3) is 5.68. The van der Waals surface area contributed by atoms with E-state index in [2.05, 4.69) is 22.4 Å². The molecule has 0 aromatic heterocycles. The van der Waals surface area contributed by atoms with Crippen LogP contribution >= 0.6 is 11.6 Å². The number of carbonyl (C=O) groups is 1. The van der Waals surface area contributed by atoms with Crippen LogP contribution in [-0.4, -0.2) is 91.0 Å². The van der Waals surface area contributed by atoms with Gasteiger partial charge in [-0.25, -0.2) is 20.3 Å². The summed E-state index contributed by atoms with van der Waals surface area (Å²) in [4.78, 5) is 26.8. The number of rotatable bonds is 6. The van der Waals surface area contributed by atoms with E-state index in [1.807, 2.05) is 11.9 Å². The number of fused-ring (bicyclic) bond motifs is 2. The molecule has 11 heteroatoms. The number of dihydropyridines is 1. The lowest BCUT2D eigenvalue weighted by Gasteiger charge is -2.44. The van der Waals surface area contributed by atoms with E-state index in [1.165, 1.54) is 18.2 Å². The summed E-state index contributed by atoms with van der Waals surface area (Å²) in [5.41, 5.74) is 1.42. The molecule has 1 aliphatic carbocycles. The summed E-state index contributed by atoms with van der Waals surface area (Å²) in [7, 11) is 2.04. The molecule has 0 saturated carbocycles. The number of hydrogen-bond donors (Lipinski definition) is 0. The van der Waals surface area contributed by atoms with E-state index < -0.39 is 29.6 Å². The molecule has 8 nitrogen and oxygen atoms in total. The van der Waals surface area contributed by atoms with Gasteiger partial charge in [0, 0.05) is 48.3 Å². The maximum atomic E-state index is 16.3. The van der Waals surface area contributed by atoms with Crippen LogP contribution in [0.5, 0.6) is 0 Å². The van der Waals surface area contributed by atoms with E-state index in [1.54, 1.807) is 35.2 Å². The van der Waals surface area contributed by atoms with Crippen molar-refractivity contribution in [2.75, 3.05) is 46.4 Å². The summed E-state index contributed by atoms with van der Waals surface area (Å²) in [6, 6.07) is 9.51. The van der Waals surface area contributed by atoms with Gasteiger partial charge in [-0.15, -0.1) is 0 Å². The number of allylic oxidation sites excluding steroid dienone is 2. The zero-order valence-electron chi connectivity index (χ0n) is 25.4. The number of benzene rings is 2. The minimum absolute atomic E-state index is 0.0669. The first-order chi connectivity index (χ1) is 22.2. The number of carbonyl (C=O) groups excluding carboxylic acids is 1. The molecule has 0 spiro atoms. The van der Waals surface area contributed by atoms with Gasteiger partial charge < -0.3 is 24.3 Å². The molecule has 236 valence electrons. The fourth-order valence-corrected chi connectivity index (χ4v) is 7.25. The highest BCUT2D eigenvalue weighted by Crippen LogP contribution is 2.43. The van der Waals surface area contributed by atoms with Gasteiger partial charge in [0.05, 0.1) is 11.1 Å². The maximum Gasteiger partial charge on any atom is 0.246 e. The van der Waals surface area contributed by atoms with Crippen LogP contribution in [0.2, 0.25) is 5.02 Å². The smallest absolute Gasteiger partial charge is 0.246 e. The molecule has 2 saturated heterocycles. The minimum atomic E-state index is -0.655. The Morgan fingerprint density at radius 3 is 2.78 bits per heavy atom. The Hall–Kier alpha value is -4.51. The van der Waals surface area contributed by atoms with Crippen LogP contribution in [0.15, 0.2) is 77.2 Å². The largest absolute Gasteiger partial charge is 0.475 e. The third-order valence-corrected chi connectivity index (χ3v) is 9.71. The highest BCUT2D eigenvalue weighted by Gasteiger charge is 2.42. The molecule has 0 radical (unpaired) electrons. The van der Waals surface area contributed by atoms with Crippen molar-refractivity contribution in [1.29, 1.82) is 5.26 Å². The van der Waals surface area contributed by atoms with Gasteiger partial charge in [-0.1, -0.05) is 42.4 Å². The van der Waals surface area contributed by atoms with Gasteiger partial charge in [0.1, 0.15) is 35.9 Å². The number of nitrogens with zero attached hydrogens (tertiary/aromatic N) is 6. The normalized spacial score (nSPS) is 24.9. The van der Waals surface area contributed by atoms with E-state index in [0.717, 1.165) is 19.4 Å². The van der Waals surface area contributed by atoms with Crippen LogP contribution in [0.1, 0.15) is 18.4 Å². The molecular formula is C35H33ClF2N6O2. The number of ether oxygens (including phenoxy) is 1. The summed E-state index contributed by atoms with van der Waals surface area (Å²) in [5, 5.41) is 11.5. The van der Waals surface area contributed by atoms with Crippen LogP contribution in [-0.2, 0) is 9.53 Å². The lowest BCUT2D eigenvalue weighted by atomic mass is 9.81. The number of likely N-dealkylation sites (tertiary alicyclic amines) is 1. The van der Waals surface area contributed by atoms with Crippen molar-refractivity contribution < 1.29 is 18.3 Å². The molecule has 4 aliphatic rings. The molecule has 0 N–H and O–H groups in total. The monoisotopic (exact) mass is 642 g/mol. The van der Waals surface area contributed by atoms with Crippen molar-refractivity contribution in [3.8, 4) is 6.07 Å². The Labute approximate surface area is 272 Å². The highest BCUT2D eigenvalue weighted by molar-refractivity contribution is 6.36. The van der Waals surface area contributed by atoms with Crippen LogP contribution in [0.4, 0.5) is 8.78 Å². The molecule has 3 heterocycles. The lowest BCUT2D eigenvalue weighted by Crippen LogP contribution is -2.57. The number of nitriles is 1. The van der Waals surface area contributed by atoms with Crippen molar-refractivity contribution in [2.45, 2.75) is 31.0 Å². The summed E-state index contributed by atoms with van der Waals surface area (Å²) in [6.07, 6.45) is 6.40. The van der Waals surface area contributed by atoms with Gasteiger partial charge in [-0.3, -0.25) is 4.79 Å². The molecule has 2 unspecified atom stereocenters. The summed E-state index contributed by atoms with van der Waals surface area (Å²) < 4.78 is 37.2. The zero-order valence-corrected chi connectivity index (χ0v) is 26.2. The number of amides is 1. The van der Waals surface area contributed by atoms with Gasteiger partial charge in [-0.05, 0) is 61.7 Å². The molecule has 2 aromatic carbocycles. The van der Waals surface area contributed by atoms with E-state index in [0.29, 0.717) is 41.7 Å². The van der Waals surface area contributed by atoms with Crippen LogP contribution in [0.25, 0.3) is 21.2 Å². The number of halogens is 3. The first kappa shape index (κ1) is 31.5. The number of aliphatic imine (C=N–C) groups is 1. The first-order valence-corrected chi connectivity index (χ1v) is 15.7. The third-order valence-electron chi connectivity index (χ3n) is 9.34. The Morgan fingerprint density at radius 2 is 2.07 bits per heavy atom. The second-order valence-electron chi connectivity index (χ2n) is 11.9. The van der Waals surface area contributed by atoms with Crippen LogP contribution in [0.3, 0.4) is 0 Å². The van der Waals surface area contributed by atoms with Crippen molar-refractivity contribution >= 4 is 39.8 Å². The fraction of sp³-hybridized carbons (Fsp3) is 0.371. The van der Waals surface area contributed by atoms with E-state index in [-0.39, 0.29) is 47.1 Å². The van der Waals surface area contributed by atoms with Crippen molar-refractivity contribution in [3.05, 3.63) is 100 Å². The second kappa shape index (κ2) is 13.1. The standard InChI is InChI=1S/C35H33ClF2N6O2/c1-4-31(45)44-14-13-43(19-23(44)18-40-2)34-26-15-29(38)25(24-9-5-7-21-10-11-28(37)33(36)32(21)24)16-30(26)41-35(27(34)17-39)46-20-22-8-6-12-42(22)3/h4-5,7,9-11,15-16,22-23,26,30H,1,6,8,12-14,18-20H2,3H3/t22-,23-,26?,30?/m0/s1. The van der Waals surface area contributed by atoms with Gasteiger partial charge in [-0.2, -0.15) is 5.26 Å². The summed E-state index contributed by atoms with van der Waals surface area (Å²) >= 11 is 6.42. The SMILES string of the molecule is [C-]#[N+]C[C@H]1CN(C2=C(C#N)C(OC[C@@H]3CCCN3C)=NC3C=C(c4cccc5ccc(F)c(Cl)c45)C(F)=CC23)CCN1C(=O)C=C. The molecule has 6 rings (SSSR count). The molecule has 1 amide bonds. The highest BCUT2D eigenvalue weighted by atomic mass is 35.5. The van der Waals surface area contributed by atoms with E-state index in [4.69, 9.17) is 27.9 Å². The average Bonchev–Trinajstić information content (AvgIpc) is 3.48. The van der Waals surface area contributed by atoms with Gasteiger partial charge >= 0.3 is 0 Å². The van der Waals surface area contributed by atoms with Crippen LogP contribution in [0, 0.1) is 29.6 Å². The quantitative estimate of drug-likeness (QED) is 0.295. The van der Waals surface area contributed by atoms with E-state index >= 15 is 4.39 Å². The predicted molar refractivity (Wildman–Crippen MR) is 174 cm³/mol. The molecule has 2 fully saturated rings. The Balaban J connectivity index is 1.43. The Kier molecular flexibility index (Phi) is 8.95. The van der Waals surface area contributed by atoms with Crippen molar-refractivity contribution in [2.24, 2.45) is 10.9 Å². The fourth-order valence-electron chi connectivity index (χ4n) is 6.98. The molecule has 4 atom stereocenters. The van der Waals surface area contributed by atoms with E-state index in [9.17, 15) is 14.4 Å².